The second kappa shape index (κ2) is 6.80. The highest BCUT2D eigenvalue weighted by Crippen LogP contribution is 2.21. The van der Waals surface area contributed by atoms with E-state index in [-0.39, 0.29) is 0 Å². The van der Waals surface area contributed by atoms with E-state index in [4.69, 9.17) is 9.47 Å². The number of halogens is 1. The number of aryl methyl sites for hydroxylation is 1. The summed E-state index contributed by atoms with van der Waals surface area (Å²) in [7, 11) is 0. The SMILES string of the molecule is Cc1cc(OCCNC(=O)OC(C)(C)C)ccc1Br. The Morgan fingerprint density at radius 3 is 2.63 bits per heavy atom. The van der Waals surface area contributed by atoms with Gasteiger partial charge in [0, 0.05) is 4.47 Å². The van der Waals surface area contributed by atoms with Crippen LogP contribution in [-0.4, -0.2) is 24.8 Å². The molecule has 1 rings (SSSR count). The molecule has 4 nitrogen and oxygen atoms in total. The summed E-state index contributed by atoms with van der Waals surface area (Å²) in [6.45, 7) is 8.29. The summed E-state index contributed by atoms with van der Waals surface area (Å²) in [5.74, 6) is 0.784. The van der Waals surface area contributed by atoms with Gasteiger partial charge >= 0.3 is 6.09 Å². The van der Waals surface area contributed by atoms with Crippen molar-refractivity contribution in [3.8, 4) is 5.75 Å². The van der Waals surface area contributed by atoms with Gasteiger partial charge in [0.15, 0.2) is 0 Å². The Morgan fingerprint density at radius 1 is 1.37 bits per heavy atom. The second-order valence-corrected chi connectivity index (χ2v) is 6.04. The van der Waals surface area contributed by atoms with Crippen LogP contribution in [0.5, 0.6) is 5.75 Å². The fraction of sp³-hybridized carbons (Fsp3) is 0.500. The molecule has 1 aromatic rings. The van der Waals surface area contributed by atoms with Crippen molar-refractivity contribution in [3.63, 3.8) is 0 Å². The average Bonchev–Trinajstić information content (AvgIpc) is 2.27. The van der Waals surface area contributed by atoms with Crippen LogP contribution in [0.25, 0.3) is 0 Å². The number of ether oxygens (including phenoxy) is 2. The van der Waals surface area contributed by atoms with Crippen LogP contribution in [-0.2, 0) is 4.74 Å². The van der Waals surface area contributed by atoms with Crippen LogP contribution in [0.2, 0.25) is 0 Å². The van der Waals surface area contributed by atoms with Crippen LogP contribution in [0.1, 0.15) is 26.3 Å². The Hall–Kier alpha value is -1.23. The zero-order chi connectivity index (χ0) is 14.5. The molecule has 0 bridgehead atoms. The molecular formula is C14H20BrNO3. The molecule has 1 N–H and O–H groups in total. The van der Waals surface area contributed by atoms with E-state index in [1.165, 1.54) is 0 Å². The highest BCUT2D eigenvalue weighted by atomic mass is 79.9. The maximum Gasteiger partial charge on any atom is 0.407 e. The molecule has 0 radical (unpaired) electrons. The minimum absolute atomic E-state index is 0.403. The standard InChI is InChI=1S/C14H20BrNO3/c1-10-9-11(5-6-12(10)15)18-8-7-16-13(17)19-14(2,3)4/h5-6,9H,7-8H2,1-4H3,(H,16,17). The van der Waals surface area contributed by atoms with Crippen molar-refractivity contribution < 1.29 is 14.3 Å². The van der Waals surface area contributed by atoms with Crippen molar-refractivity contribution in [2.45, 2.75) is 33.3 Å². The molecular weight excluding hydrogens is 310 g/mol. The van der Waals surface area contributed by atoms with Gasteiger partial charge in [-0.15, -0.1) is 0 Å². The molecule has 1 aromatic carbocycles. The zero-order valence-electron chi connectivity index (χ0n) is 11.7. The molecule has 1 amide bonds. The van der Waals surface area contributed by atoms with Crippen molar-refractivity contribution in [2.24, 2.45) is 0 Å². The van der Waals surface area contributed by atoms with Gasteiger partial charge in [0.05, 0.1) is 6.54 Å². The van der Waals surface area contributed by atoms with Gasteiger partial charge in [-0.25, -0.2) is 4.79 Å². The Bertz CT molecular complexity index is 441. The first kappa shape index (κ1) is 15.8. The third kappa shape index (κ3) is 6.47. The monoisotopic (exact) mass is 329 g/mol. The molecule has 0 aliphatic heterocycles. The molecule has 0 aromatic heterocycles. The third-order valence-corrected chi connectivity index (χ3v) is 3.06. The van der Waals surface area contributed by atoms with E-state index in [0.717, 1.165) is 15.8 Å². The normalized spacial score (nSPS) is 11.0. The molecule has 0 aliphatic rings. The van der Waals surface area contributed by atoms with Crippen molar-refractivity contribution >= 4 is 22.0 Å². The van der Waals surface area contributed by atoms with Crippen LogP contribution >= 0.6 is 15.9 Å². The lowest BCUT2D eigenvalue weighted by atomic mass is 10.2. The number of nitrogens with one attached hydrogen (secondary N) is 1. The smallest absolute Gasteiger partial charge is 0.407 e. The van der Waals surface area contributed by atoms with E-state index in [0.29, 0.717) is 13.2 Å². The fourth-order valence-corrected chi connectivity index (χ4v) is 1.59. The summed E-state index contributed by atoms with van der Waals surface area (Å²) < 4.78 is 11.7. The summed E-state index contributed by atoms with van der Waals surface area (Å²) >= 11 is 3.43. The van der Waals surface area contributed by atoms with Gasteiger partial charge in [-0.05, 0) is 51.5 Å². The minimum Gasteiger partial charge on any atom is -0.492 e. The molecule has 0 fully saturated rings. The zero-order valence-corrected chi connectivity index (χ0v) is 13.3. The predicted octanol–water partition coefficient (Wildman–Crippen LogP) is 3.66. The van der Waals surface area contributed by atoms with E-state index < -0.39 is 11.7 Å². The van der Waals surface area contributed by atoms with Gasteiger partial charge in [-0.1, -0.05) is 15.9 Å². The summed E-state index contributed by atoms with van der Waals surface area (Å²) in [6.07, 6.45) is -0.428. The number of rotatable bonds is 4. The number of benzene rings is 1. The van der Waals surface area contributed by atoms with Crippen LogP contribution in [0.3, 0.4) is 0 Å². The van der Waals surface area contributed by atoms with Gasteiger partial charge < -0.3 is 14.8 Å². The molecule has 5 heteroatoms. The molecule has 0 unspecified atom stereocenters. The summed E-state index contributed by atoms with van der Waals surface area (Å²) in [4.78, 5) is 11.4. The van der Waals surface area contributed by atoms with Crippen LogP contribution < -0.4 is 10.1 Å². The van der Waals surface area contributed by atoms with E-state index in [2.05, 4.69) is 21.2 Å². The topological polar surface area (TPSA) is 47.6 Å². The first-order chi connectivity index (χ1) is 8.78. The second-order valence-electron chi connectivity index (χ2n) is 5.19. The van der Waals surface area contributed by atoms with Gasteiger partial charge in [0.1, 0.15) is 18.0 Å². The van der Waals surface area contributed by atoms with Crippen LogP contribution in [0, 0.1) is 6.92 Å². The van der Waals surface area contributed by atoms with Crippen LogP contribution in [0.4, 0.5) is 4.79 Å². The quantitative estimate of drug-likeness (QED) is 0.857. The van der Waals surface area contributed by atoms with Crippen LogP contribution in [0.15, 0.2) is 22.7 Å². The number of carbonyl (C=O) groups excluding carboxylic acids is 1. The number of hydrogen-bond donors (Lipinski definition) is 1. The Labute approximate surface area is 122 Å². The lowest BCUT2D eigenvalue weighted by molar-refractivity contribution is 0.0520. The maximum atomic E-state index is 11.4. The Morgan fingerprint density at radius 2 is 2.05 bits per heavy atom. The van der Waals surface area contributed by atoms with Crippen molar-refractivity contribution in [3.05, 3.63) is 28.2 Å². The summed E-state index contributed by atoms with van der Waals surface area (Å²) in [6, 6.07) is 5.76. The number of alkyl carbamates (subject to hydrolysis) is 1. The van der Waals surface area contributed by atoms with Gasteiger partial charge in [0.25, 0.3) is 0 Å². The predicted molar refractivity (Wildman–Crippen MR) is 78.6 cm³/mol. The van der Waals surface area contributed by atoms with E-state index in [9.17, 15) is 4.79 Å². The average molecular weight is 330 g/mol. The Balaban J connectivity index is 2.27. The summed E-state index contributed by atoms with van der Waals surface area (Å²) in [5.41, 5.74) is 0.630. The fourth-order valence-electron chi connectivity index (χ4n) is 1.34. The van der Waals surface area contributed by atoms with E-state index in [1.54, 1.807) is 0 Å². The van der Waals surface area contributed by atoms with Crippen molar-refractivity contribution in [2.75, 3.05) is 13.2 Å². The van der Waals surface area contributed by atoms with E-state index in [1.807, 2.05) is 45.9 Å². The number of carbonyl (C=O) groups is 1. The molecule has 0 atom stereocenters. The molecule has 0 aliphatic carbocycles. The highest BCUT2D eigenvalue weighted by molar-refractivity contribution is 9.10. The third-order valence-electron chi connectivity index (χ3n) is 2.17. The van der Waals surface area contributed by atoms with E-state index >= 15 is 0 Å². The van der Waals surface area contributed by atoms with Gasteiger partial charge in [-0.2, -0.15) is 0 Å². The minimum atomic E-state index is -0.478. The first-order valence-corrected chi connectivity index (χ1v) is 6.93. The molecule has 0 saturated heterocycles. The maximum absolute atomic E-state index is 11.4. The van der Waals surface area contributed by atoms with Crippen molar-refractivity contribution in [1.82, 2.24) is 5.32 Å². The molecule has 0 heterocycles. The molecule has 0 saturated carbocycles. The largest absolute Gasteiger partial charge is 0.492 e. The molecule has 106 valence electrons. The Kier molecular flexibility index (Phi) is 5.66. The summed E-state index contributed by atoms with van der Waals surface area (Å²) in [5, 5.41) is 2.64. The van der Waals surface area contributed by atoms with Gasteiger partial charge in [-0.3, -0.25) is 0 Å². The van der Waals surface area contributed by atoms with Gasteiger partial charge in [0.2, 0.25) is 0 Å². The molecule has 19 heavy (non-hydrogen) atoms. The van der Waals surface area contributed by atoms with Crippen molar-refractivity contribution in [1.29, 1.82) is 0 Å². The number of amides is 1. The first-order valence-electron chi connectivity index (χ1n) is 6.14. The highest BCUT2D eigenvalue weighted by Gasteiger charge is 2.15. The molecule has 0 spiro atoms. The number of hydrogen-bond acceptors (Lipinski definition) is 3. The lowest BCUT2D eigenvalue weighted by Crippen LogP contribution is -2.34. The lowest BCUT2D eigenvalue weighted by Gasteiger charge is -2.19.